The van der Waals surface area contributed by atoms with Gasteiger partial charge in [0.15, 0.2) is 0 Å². The molecule has 3 saturated heterocycles. The highest BCUT2D eigenvalue weighted by atomic mass is 32.1. The third kappa shape index (κ3) is 3.83. The number of carbonyl (C=O) groups excluding carboxylic acids is 1. The standard InChI is InChI=1S/C18H28N4O2S/c1-14-16(25-13-20-14)9-21-11-18(12-21)5-4-15(10-24-18)8-19-17(23)22-6-2-3-7-22/h13,15H,2-12H2,1H3,(H,19,23). The molecule has 1 aromatic rings. The molecule has 3 fully saturated rings. The summed E-state index contributed by atoms with van der Waals surface area (Å²) < 4.78 is 6.23. The second-order valence-corrected chi connectivity index (χ2v) is 8.72. The van der Waals surface area contributed by atoms with Crippen molar-refractivity contribution in [2.75, 3.05) is 39.3 Å². The smallest absolute Gasteiger partial charge is 0.317 e. The van der Waals surface area contributed by atoms with Crippen molar-refractivity contribution >= 4 is 17.4 Å². The van der Waals surface area contributed by atoms with E-state index >= 15 is 0 Å². The van der Waals surface area contributed by atoms with Crippen molar-refractivity contribution in [2.24, 2.45) is 5.92 Å². The molecule has 2 amide bonds. The van der Waals surface area contributed by atoms with Crippen molar-refractivity contribution in [2.45, 2.75) is 44.8 Å². The number of thiazole rings is 1. The fraction of sp³-hybridized carbons (Fsp3) is 0.778. The lowest BCUT2D eigenvalue weighted by Gasteiger charge is -2.53. The van der Waals surface area contributed by atoms with Crippen LogP contribution in [0.5, 0.6) is 0 Å². The second kappa shape index (κ2) is 7.21. The number of nitrogens with one attached hydrogen (secondary N) is 1. The summed E-state index contributed by atoms with van der Waals surface area (Å²) in [5, 5.41) is 3.09. The highest BCUT2D eigenvalue weighted by Gasteiger charge is 2.46. The van der Waals surface area contributed by atoms with Gasteiger partial charge in [-0.1, -0.05) is 0 Å². The molecule has 1 N–H and O–H groups in total. The number of carbonyl (C=O) groups is 1. The van der Waals surface area contributed by atoms with Gasteiger partial charge in [-0.3, -0.25) is 4.90 Å². The van der Waals surface area contributed by atoms with Gasteiger partial charge in [0, 0.05) is 44.1 Å². The fourth-order valence-electron chi connectivity index (χ4n) is 4.15. The number of aryl methyl sites for hydroxylation is 1. The lowest BCUT2D eigenvalue weighted by molar-refractivity contribution is -0.181. The van der Waals surface area contributed by atoms with Crippen LogP contribution in [0, 0.1) is 12.8 Å². The van der Waals surface area contributed by atoms with Crippen LogP contribution >= 0.6 is 11.3 Å². The number of hydrogen-bond acceptors (Lipinski definition) is 5. The summed E-state index contributed by atoms with van der Waals surface area (Å²) in [6.45, 7) is 8.46. The van der Waals surface area contributed by atoms with E-state index in [-0.39, 0.29) is 11.6 Å². The Hall–Kier alpha value is -1.18. The van der Waals surface area contributed by atoms with Gasteiger partial charge in [-0.2, -0.15) is 0 Å². The molecule has 4 rings (SSSR count). The van der Waals surface area contributed by atoms with Crippen LogP contribution in [0.4, 0.5) is 4.79 Å². The molecule has 0 saturated carbocycles. The summed E-state index contributed by atoms with van der Waals surface area (Å²) in [6, 6.07) is 0.104. The van der Waals surface area contributed by atoms with Gasteiger partial charge in [-0.25, -0.2) is 9.78 Å². The number of hydrogen-bond donors (Lipinski definition) is 1. The van der Waals surface area contributed by atoms with Crippen LogP contribution in [0.2, 0.25) is 0 Å². The van der Waals surface area contributed by atoms with Gasteiger partial charge in [-0.15, -0.1) is 11.3 Å². The van der Waals surface area contributed by atoms with Crippen LogP contribution in [0.15, 0.2) is 5.51 Å². The molecule has 0 bridgehead atoms. The number of likely N-dealkylation sites (tertiary alicyclic amines) is 2. The van der Waals surface area contributed by atoms with E-state index in [2.05, 4.69) is 22.1 Å². The normalized spacial score (nSPS) is 26.0. The van der Waals surface area contributed by atoms with Crippen LogP contribution < -0.4 is 5.32 Å². The molecule has 6 nitrogen and oxygen atoms in total. The quantitative estimate of drug-likeness (QED) is 0.890. The Bertz CT molecular complexity index is 598. The van der Waals surface area contributed by atoms with E-state index < -0.39 is 0 Å². The summed E-state index contributed by atoms with van der Waals surface area (Å²) in [6.07, 6.45) is 4.53. The van der Waals surface area contributed by atoms with Gasteiger partial charge in [0.25, 0.3) is 0 Å². The number of ether oxygens (including phenoxy) is 1. The van der Waals surface area contributed by atoms with E-state index in [0.29, 0.717) is 5.92 Å². The molecule has 1 aromatic heterocycles. The van der Waals surface area contributed by atoms with Gasteiger partial charge in [0.2, 0.25) is 0 Å². The third-order valence-corrected chi connectivity index (χ3v) is 6.72. The molecule has 7 heteroatoms. The zero-order valence-electron chi connectivity index (χ0n) is 15.0. The molecule has 3 aliphatic heterocycles. The molecule has 25 heavy (non-hydrogen) atoms. The SMILES string of the molecule is Cc1ncsc1CN1CC2(CCC(CNC(=O)N3CCCC3)CO2)C1. The molecule has 1 unspecified atom stereocenters. The fourth-order valence-corrected chi connectivity index (χ4v) is 4.97. The van der Waals surface area contributed by atoms with Crippen molar-refractivity contribution in [1.82, 2.24) is 20.1 Å². The maximum atomic E-state index is 12.1. The van der Waals surface area contributed by atoms with E-state index in [1.807, 2.05) is 10.4 Å². The Labute approximate surface area is 153 Å². The Balaban J connectivity index is 1.17. The van der Waals surface area contributed by atoms with Crippen molar-refractivity contribution in [3.05, 3.63) is 16.1 Å². The number of urea groups is 1. The predicted molar refractivity (Wildman–Crippen MR) is 97.7 cm³/mol. The number of aromatic nitrogens is 1. The highest BCUT2D eigenvalue weighted by molar-refractivity contribution is 7.09. The van der Waals surface area contributed by atoms with Crippen molar-refractivity contribution in [3.8, 4) is 0 Å². The zero-order chi connectivity index (χ0) is 17.3. The lowest BCUT2D eigenvalue weighted by atomic mass is 9.83. The average Bonchev–Trinajstić information content (AvgIpc) is 3.25. The minimum absolute atomic E-state index is 0.0635. The third-order valence-electron chi connectivity index (χ3n) is 5.80. The second-order valence-electron chi connectivity index (χ2n) is 7.79. The Morgan fingerprint density at radius 3 is 2.88 bits per heavy atom. The van der Waals surface area contributed by atoms with Crippen molar-refractivity contribution in [1.29, 1.82) is 0 Å². The van der Waals surface area contributed by atoms with Gasteiger partial charge in [-0.05, 0) is 38.5 Å². The molecule has 0 aromatic carbocycles. The molecule has 1 spiro atoms. The number of nitrogens with zero attached hydrogens (tertiary/aromatic N) is 3. The summed E-state index contributed by atoms with van der Waals surface area (Å²) in [5.74, 6) is 0.454. The molecule has 138 valence electrons. The first-order valence-electron chi connectivity index (χ1n) is 9.42. The lowest BCUT2D eigenvalue weighted by Crippen LogP contribution is -2.64. The largest absolute Gasteiger partial charge is 0.372 e. The van der Waals surface area contributed by atoms with Crippen LogP contribution in [-0.4, -0.2) is 65.7 Å². The van der Waals surface area contributed by atoms with E-state index in [4.69, 9.17) is 4.74 Å². The molecule has 1 atom stereocenters. The monoisotopic (exact) mass is 364 g/mol. The molecule has 0 radical (unpaired) electrons. The maximum Gasteiger partial charge on any atom is 0.317 e. The van der Waals surface area contributed by atoms with Crippen LogP contribution in [0.3, 0.4) is 0 Å². The maximum absolute atomic E-state index is 12.1. The van der Waals surface area contributed by atoms with E-state index in [1.54, 1.807) is 11.3 Å². The molecule has 3 aliphatic rings. The Morgan fingerprint density at radius 2 is 2.24 bits per heavy atom. The van der Waals surface area contributed by atoms with Gasteiger partial charge < -0.3 is 15.0 Å². The van der Waals surface area contributed by atoms with Gasteiger partial charge in [0.05, 0.1) is 23.4 Å². The van der Waals surface area contributed by atoms with Crippen LogP contribution in [0.1, 0.15) is 36.3 Å². The minimum Gasteiger partial charge on any atom is -0.372 e. The average molecular weight is 365 g/mol. The van der Waals surface area contributed by atoms with Crippen LogP contribution in [-0.2, 0) is 11.3 Å². The summed E-state index contributed by atoms with van der Waals surface area (Å²) in [4.78, 5) is 22.1. The van der Waals surface area contributed by atoms with E-state index in [9.17, 15) is 4.79 Å². The summed E-state index contributed by atoms with van der Waals surface area (Å²) in [7, 11) is 0. The Kier molecular flexibility index (Phi) is 4.97. The van der Waals surface area contributed by atoms with E-state index in [1.165, 1.54) is 4.88 Å². The van der Waals surface area contributed by atoms with Gasteiger partial charge in [0.1, 0.15) is 0 Å². The first-order valence-corrected chi connectivity index (χ1v) is 10.3. The Morgan fingerprint density at radius 1 is 1.44 bits per heavy atom. The summed E-state index contributed by atoms with van der Waals surface area (Å²) >= 11 is 1.74. The topological polar surface area (TPSA) is 57.7 Å². The first kappa shape index (κ1) is 17.2. The number of rotatable bonds is 4. The van der Waals surface area contributed by atoms with E-state index in [0.717, 1.165) is 77.3 Å². The van der Waals surface area contributed by atoms with Crippen molar-refractivity contribution in [3.63, 3.8) is 0 Å². The van der Waals surface area contributed by atoms with Gasteiger partial charge >= 0.3 is 6.03 Å². The number of amides is 2. The highest BCUT2D eigenvalue weighted by Crippen LogP contribution is 2.37. The molecular formula is C18H28N4O2S. The molecule has 4 heterocycles. The first-order chi connectivity index (χ1) is 12.1. The zero-order valence-corrected chi connectivity index (χ0v) is 15.8. The molecular weight excluding hydrogens is 336 g/mol. The summed E-state index contributed by atoms with van der Waals surface area (Å²) in [5.41, 5.74) is 3.15. The minimum atomic E-state index is 0.0635. The van der Waals surface area contributed by atoms with Crippen LogP contribution in [0.25, 0.3) is 0 Å². The molecule has 0 aliphatic carbocycles. The van der Waals surface area contributed by atoms with Crippen molar-refractivity contribution < 1.29 is 9.53 Å². The predicted octanol–water partition coefficient (Wildman–Crippen LogP) is 2.24.